The van der Waals surface area contributed by atoms with Crippen LogP contribution in [0.4, 0.5) is 0 Å². The first kappa shape index (κ1) is 28.8. The average molecular weight is 488 g/mol. The Kier molecular flexibility index (Phi) is 15.5. The molecule has 0 saturated carbocycles. The van der Waals surface area contributed by atoms with Crippen molar-refractivity contribution in [2.45, 2.75) is 79.1 Å². The summed E-state index contributed by atoms with van der Waals surface area (Å²) in [7, 11) is 0. The molecule has 0 heterocycles. The van der Waals surface area contributed by atoms with Gasteiger partial charge >= 0.3 is 199 Å². The fourth-order valence-corrected chi connectivity index (χ4v) is 5.67. The number of esters is 1. The van der Waals surface area contributed by atoms with Crippen molar-refractivity contribution in [3.63, 3.8) is 0 Å². The van der Waals surface area contributed by atoms with Crippen molar-refractivity contribution in [2.75, 3.05) is 26.4 Å². The van der Waals surface area contributed by atoms with Crippen LogP contribution >= 0.6 is 0 Å². The molecule has 0 N–H and O–H groups in total. The number of hydrogen-bond donors (Lipinski definition) is 0. The van der Waals surface area contributed by atoms with E-state index < -0.39 is 30.1 Å². The number of hydrogen-bond acceptors (Lipinski definition) is 7. The molecule has 0 unspecified atom stereocenters. The van der Waals surface area contributed by atoms with Gasteiger partial charge in [0.25, 0.3) is 0 Å². The van der Waals surface area contributed by atoms with Crippen LogP contribution in [-0.4, -0.2) is 38.4 Å². The Bertz CT molecular complexity index is 639. The van der Waals surface area contributed by atoms with Gasteiger partial charge in [0, 0.05) is 0 Å². The van der Waals surface area contributed by atoms with E-state index in [4.69, 9.17) is 18.0 Å². The van der Waals surface area contributed by atoms with E-state index in [2.05, 4.69) is 20.8 Å². The minimum atomic E-state index is -4.37. The van der Waals surface area contributed by atoms with Gasteiger partial charge in [0.1, 0.15) is 0 Å². The van der Waals surface area contributed by atoms with Gasteiger partial charge in [0.15, 0.2) is 0 Å². The SMILES string of the molecule is CCCCOC(=O)c1ccccc1C(=O)[O][Ti]([O]CCCC)([O]CCCC)[O]CCCC. The van der Waals surface area contributed by atoms with Gasteiger partial charge in [-0.15, -0.1) is 0 Å². The number of carbonyl (C=O) groups excluding carboxylic acids is 2. The Morgan fingerprint density at radius 3 is 1.50 bits per heavy atom. The van der Waals surface area contributed by atoms with Crippen LogP contribution in [0, 0.1) is 0 Å². The zero-order valence-electron chi connectivity index (χ0n) is 20.2. The Labute approximate surface area is 198 Å². The molecule has 32 heavy (non-hydrogen) atoms. The van der Waals surface area contributed by atoms with Crippen LogP contribution in [0.25, 0.3) is 0 Å². The number of ether oxygens (including phenoxy) is 1. The summed E-state index contributed by atoms with van der Waals surface area (Å²) in [6.45, 7) is 9.66. The van der Waals surface area contributed by atoms with Crippen molar-refractivity contribution >= 4 is 11.9 Å². The van der Waals surface area contributed by atoms with Crippen molar-refractivity contribution < 1.29 is 45.7 Å². The Morgan fingerprint density at radius 2 is 1.06 bits per heavy atom. The van der Waals surface area contributed by atoms with Gasteiger partial charge in [-0.3, -0.25) is 0 Å². The monoisotopic (exact) mass is 488 g/mol. The third-order valence-electron chi connectivity index (χ3n) is 4.65. The maximum absolute atomic E-state index is 13.2. The summed E-state index contributed by atoms with van der Waals surface area (Å²) < 4.78 is 29.2. The summed E-state index contributed by atoms with van der Waals surface area (Å²) in [5, 5.41) is 0. The zero-order chi connectivity index (χ0) is 23.7. The molecule has 1 rings (SSSR count). The molecule has 1 aromatic carbocycles. The van der Waals surface area contributed by atoms with Gasteiger partial charge in [0.05, 0.1) is 0 Å². The van der Waals surface area contributed by atoms with Gasteiger partial charge < -0.3 is 0 Å². The molecule has 0 atom stereocenters. The van der Waals surface area contributed by atoms with Gasteiger partial charge in [-0.05, 0) is 0 Å². The Morgan fingerprint density at radius 1 is 0.656 bits per heavy atom. The molecule has 0 bridgehead atoms. The molecule has 0 radical (unpaired) electrons. The number of unbranched alkanes of at least 4 members (excludes halogenated alkanes) is 4. The summed E-state index contributed by atoms with van der Waals surface area (Å²) in [4.78, 5) is 25.7. The molecule has 182 valence electrons. The van der Waals surface area contributed by atoms with Gasteiger partial charge in [0.2, 0.25) is 0 Å². The second-order valence-corrected chi connectivity index (χ2v) is 10.8. The summed E-state index contributed by atoms with van der Waals surface area (Å²) in [6.07, 6.45) is 6.89. The van der Waals surface area contributed by atoms with Crippen LogP contribution < -0.4 is 0 Å². The summed E-state index contributed by atoms with van der Waals surface area (Å²) in [5.74, 6) is -1.23. The van der Waals surface area contributed by atoms with Crippen LogP contribution in [0.2, 0.25) is 0 Å². The van der Waals surface area contributed by atoms with E-state index >= 15 is 0 Å². The van der Waals surface area contributed by atoms with Crippen molar-refractivity contribution in [2.24, 2.45) is 0 Å². The molecule has 0 saturated heterocycles. The van der Waals surface area contributed by atoms with E-state index in [1.165, 1.54) is 0 Å². The molecular weight excluding hydrogens is 448 g/mol. The standard InChI is InChI=1S/C12H14O4.3C4H9O.Ti/c1-2-3-8-16-12(15)10-7-5-4-6-9(10)11(13)14;3*1-2-3-4-5;/h4-7H,2-3,8H2,1H3,(H,13,14);3*2-4H2,1H3;/q;3*-1;+4/p-1. The van der Waals surface area contributed by atoms with E-state index in [1.54, 1.807) is 24.3 Å². The van der Waals surface area contributed by atoms with Crippen LogP contribution in [0.5, 0.6) is 0 Å². The third kappa shape index (κ3) is 10.6. The fourth-order valence-electron chi connectivity index (χ4n) is 2.63. The van der Waals surface area contributed by atoms with E-state index in [1.807, 2.05) is 6.92 Å². The van der Waals surface area contributed by atoms with Crippen LogP contribution in [0.1, 0.15) is 99.8 Å². The van der Waals surface area contributed by atoms with Crippen molar-refractivity contribution in [3.05, 3.63) is 35.4 Å². The zero-order valence-corrected chi connectivity index (χ0v) is 21.7. The predicted octanol–water partition coefficient (Wildman–Crippen LogP) is 6.06. The van der Waals surface area contributed by atoms with Crippen molar-refractivity contribution in [3.8, 4) is 0 Å². The maximum atomic E-state index is 13.2. The van der Waals surface area contributed by atoms with Crippen LogP contribution in [0.3, 0.4) is 0 Å². The molecule has 0 fully saturated rings. The average Bonchev–Trinajstić information content (AvgIpc) is 2.79. The Hall–Kier alpha value is -1.25. The first-order valence-corrected chi connectivity index (χ1v) is 14.5. The van der Waals surface area contributed by atoms with Crippen molar-refractivity contribution in [1.82, 2.24) is 0 Å². The van der Waals surface area contributed by atoms with E-state index in [9.17, 15) is 9.59 Å². The molecule has 8 heteroatoms. The molecule has 0 aliphatic rings. The molecule has 7 nitrogen and oxygen atoms in total. The number of benzene rings is 1. The fraction of sp³-hybridized carbons (Fsp3) is 0.667. The third-order valence-corrected chi connectivity index (χ3v) is 7.94. The van der Waals surface area contributed by atoms with Crippen LogP contribution in [-0.2, 0) is 36.2 Å². The topological polar surface area (TPSA) is 80.3 Å². The van der Waals surface area contributed by atoms with Crippen molar-refractivity contribution in [1.29, 1.82) is 0 Å². The summed E-state index contributed by atoms with van der Waals surface area (Å²) in [5.41, 5.74) is 0.293. The molecule has 0 aliphatic carbocycles. The minimum absolute atomic E-state index is 0.126. The first-order chi connectivity index (χ1) is 15.5. The molecule has 1 aromatic rings. The van der Waals surface area contributed by atoms with E-state index in [0.717, 1.165) is 51.4 Å². The Balaban J connectivity index is 3.09. The van der Waals surface area contributed by atoms with Gasteiger partial charge in [-0.2, -0.15) is 0 Å². The van der Waals surface area contributed by atoms with Gasteiger partial charge in [-0.25, -0.2) is 0 Å². The van der Waals surface area contributed by atoms with E-state index in [0.29, 0.717) is 26.4 Å². The summed E-state index contributed by atoms with van der Waals surface area (Å²) in [6, 6.07) is 6.49. The second kappa shape index (κ2) is 17.3. The van der Waals surface area contributed by atoms with E-state index in [-0.39, 0.29) is 11.1 Å². The number of rotatable bonds is 18. The normalized spacial score (nSPS) is 11.4. The van der Waals surface area contributed by atoms with Crippen LogP contribution in [0.15, 0.2) is 24.3 Å². The molecular formula is C24H40O7Ti. The molecule has 0 aliphatic heterocycles. The first-order valence-electron chi connectivity index (χ1n) is 11.9. The quantitative estimate of drug-likeness (QED) is 0.141. The second-order valence-electron chi connectivity index (χ2n) is 7.53. The molecule has 0 spiro atoms. The molecule has 0 aromatic heterocycles. The van der Waals surface area contributed by atoms with Gasteiger partial charge in [-0.1, -0.05) is 0 Å². The molecule has 0 amide bonds. The summed E-state index contributed by atoms with van der Waals surface area (Å²) >= 11 is -4.37. The predicted molar refractivity (Wildman–Crippen MR) is 120 cm³/mol. The number of carbonyl (C=O) groups is 2.